The van der Waals surface area contributed by atoms with E-state index in [0.717, 1.165) is 52.4 Å². The molecule has 2 atom stereocenters. The number of hydrogen-bond acceptors (Lipinski definition) is 4. The molecule has 2 rings (SSSR count). The number of likely N-dealkylation sites (N-methyl/N-ethyl adjacent to an activating group) is 1. The standard InChI is InChI=1S/C13H26N4O/c1-11-9-14-10-12(11)13(18)15-3-4-17-7-5-16(2)6-8-17/h11-12,14H,3-10H2,1-2H3,(H,15,18)/t11-,12-/m1/s1. The van der Waals surface area contributed by atoms with E-state index >= 15 is 0 Å². The van der Waals surface area contributed by atoms with Crippen LogP contribution in [0.25, 0.3) is 0 Å². The summed E-state index contributed by atoms with van der Waals surface area (Å²) in [6.45, 7) is 10.2. The van der Waals surface area contributed by atoms with Gasteiger partial charge in [0, 0.05) is 45.8 Å². The Morgan fingerprint density at radius 1 is 1.28 bits per heavy atom. The maximum atomic E-state index is 12.0. The number of nitrogens with zero attached hydrogens (tertiary/aromatic N) is 2. The minimum absolute atomic E-state index is 0.164. The predicted octanol–water partition coefficient (Wildman–Crippen LogP) is -0.794. The summed E-state index contributed by atoms with van der Waals surface area (Å²) in [5.41, 5.74) is 0. The fourth-order valence-corrected chi connectivity index (χ4v) is 2.70. The van der Waals surface area contributed by atoms with Gasteiger partial charge >= 0.3 is 0 Å². The highest BCUT2D eigenvalue weighted by atomic mass is 16.1. The monoisotopic (exact) mass is 254 g/mol. The highest BCUT2D eigenvalue weighted by Gasteiger charge is 2.29. The molecule has 104 valence electrons. The van der Waals surface area contributed by atoms with Gasteiger partial charge in [-0.3, -0.25) is 9.69 Å². The van der Waals surface area contributed by atoms with E-state index in [9.17, 15) is 4.79 Å². The van der Waals surface area contributed by atoms with Crippen molar-refractivity contribution < 1.29 is 4.79 Å². The molecular formula is C13H26N4O. The average molecular weight is 254 g/mol. The molecule has 2 aliphatic heterocycles. The van der Waals surface area contributed by atoms with Gasteiger partial charge in [-0.2, -0.15) is 0 Å². The Morgan fingerprint density at radius 3 is 2.61 bits per heavy atom. The van der Waals surface area contributed by atoms with Crippen molar-refractivity contribution in [3.05, 3.63) is 0 Å². The van der Waals surface area contributed by atoms with Gasteiger partial charge in [-0.25, -0.2) is 0 Å². The number of hydrogen-bond donors (Lipinski definition) is 2. The van der Waals surface area contributed by atoms with Crippen molar-refractivity contribution in [1.29, 1.82) is 0 Å². The number of rotatable bonds is 4. The van der Waals surface area contributed by atoms with Crippen LogP contribution in [0.5, 0.6) is 0 Å². The van der Waals surface area contributed by atoms with Crippen molar-refractivity contribution in [2.24, 2.45) is 11.8 Å². The summed E-state index contributed by atoms with van der Waals surface area (Å²) in [5.74, 6) is 0.854. The van der Waals surface area contributed by atoms with Gasteiger partial charge in [-0.1, -0.05) is 6.92 Å². The van der Waals surface area contributed by atoms with Crippen molar-refractivity contribution >= 4 is 5.91 Å². The van der Waals surface area contributed by atoms with E-state index in [1.165, 1.54) is 0 Å². The summed E-state index contributed by atoms with van der Waals surface area (Å²) in [5, 5.41) is 6.35. The molecule has 0 unspecified atom stereocenters. The molecule has 0 aromatic heterocycles. The molecule has 0 aromatic rings. The van der Waals surface area contributed by atoms with Crippen LogP contribution < -0.4 is 10.6 Å². The van der Waals surface area contributed by atoms with E-state index < -0.39 is 0 Å². The number of nitrogens with one attached hydrogen (secondary N) is 2. The van der Waals surface area contributed by atoms with E-state index in [-0.39, 0.29) is 11.8 Å². The first kappa shape index (κ1) is 13.8. The van der Waals surface area contributed by atoms with Gasteiger partial charge in [0.2, 0.25) is 5.91 Å². The Labute approximate surface area is 110 Å². The number of carbonyl (C=O) groups is 1. The lowest BCUT2D eigenvalue weighted by Crippen LogP contribution is -2.47. The second kappa shape index (κ2) is 6.50. The Balaban J connectivity index is 1.61. The summed E-state index contributed by atoms with van der Waals surface area (Å²) < 4.78 is 0. The highest BCUT2D eigenvalue weighted by molar-refractivity contribution is 5.79. The predicted molar refractivity (Wildman–Crippen MR) is 72.5 cm³/mol. The first-order valence-electron chi connectivity index (χ1n) is 7.06. The zero-order valence-electron chi connectivity index (χ0n) is 11.6. The molecule has 2 fully saturated rings. The van der Waals surface area contributed by atoms with Crippen molar-refractivity contribution in [3.63, 3.8) is 0 Å². The fourth-order valence-electron chi connectivity index (χ4n) is 2.70. The van der Waals surface area contributed by atoms with Crippen LogP contribution in [0.4, 0.5) is 0 Å². The lowest BCUT2D eigenvalue weighted by atomic mass is 9.97. The Bertz CT molecular complexity index is 276. The third-order valence-electron chi connectivity index (χ3n) is 4.18. The van der Waals surface area contributed by atoms with E-state index in [1.54, 1.807) is 0 Å². The molecule has 5 heteroatoms. The van der Waals surface area contributed by atoms with Crippen molar-refractivity contribution in [2.75, 3.05) is 59.4 Å². The van der Waals surface area contributed by atoms with E-state index in [2.05, 4.69) is 34.4 Å². The molecule has 0 aliphatic carbocycles. The summed E-state index contributed by atoms with van der Waals surface area (Å²) in [4.78, 5) is 16.7. The third-order valence-corrected chi connectivity index (χ3v) is 4.18. The summed E-state index contributed by atoms with van der Waals surface area (Å²) >= 11 is 0. The number of carbonyl (C=O) groups excluding carboxylic acids is 1. The van der Waals surface area contributed by atoms with Crippen LogP contribution in [0.1, 0.15) is 6.92 Å². The van der Waals surface area contributed by atoms with E-state index in [4.69, 9.17) is 0 Å². The smallest absolute Gasteiger partial charge is 0.224 e. The lowest BCUT2D eigenvalue weighted by Gasteiger charge is -2.32. The van der Waals surface area contributed by atoms with Crippen LogP contribution in [-0.4, -0.2) is 75.1 Å². The van der Waals surface area contributed by atoms with E-state index in [1.807, 2.05) is 0 Å². The topological polar surface area (TPSA) is 47.6 Å². The highest BCUT2D eigenvalue weighted by Crippen LogP contribution is 2.15. The lowest BCUT2D eigenvalue weighted by molar-refractivity contribution is -0.125. The zero-order valence-corrected chi connectivity index (χ0v) is 11.6. The van der Waals surface area contributed by atoms with Gasteiger partial charge in [-0.05, 0) is 19.5 Å². The second-order valence-corrected chi connectivity index (χ2v) is 5.68. The first-order valence-corrected chi connectivity index (χ1v) is 7.06. The molecule has 2 heterocycles. The molecular weight excluding hydrogens is 228 g/mol. The molecule has 2 aliphatic rings. The zero-order chi connectivity index (χ0) is 13.0. The Hall–Kier alpha value is -0.650. The van der Waals surface area contributed by atoms with Crippen molar-refractivity contribution in [1.82, 2.24) is 20.4 Å². The quantitative estimate of drug-likeness (QED) is 0.690. The molecule has 5 nitrogen and oxygen atoms in total. The molecule has 0 spiro atoms. The van der Waals surface area contributed by atoms with Gasteiger partial charge in [0.25, 0.3) is 0 Å². The number of amides is 1. The molecule has 2 N–H and O–H groups in total. The van der Waals surface area contributed by atoms with Crippen LogP contribution >= 0.6 is 0 Å². The van der Waals surface area contributed by atoms with Crippen molar-refractivity contribution in [2.45, 2.75) is 6.92 Å². The maximum Gasteiger partial charge on any atom is 0.224 e. The molecule has 0 radical (unpaired) electrons. The van der Waals surface area contributed by atoms with Gasteiger partial charge < -0.3 is 15.5 Å². The van der Waals surface area contributed by atoms with Crippen LogP contribution in [0, 0.1) is 11.8 Å². The Morgan fingerprint density at radius 2 is 2.00 bits per heavy atom. The molecule has 0 aromatic carbocycles. The molecule has 18 heavy (non-hydrogen) atoms. The normalized spacial score (nSPS) is 30.6. The van der Waals surface area contributed by atoms with Crippen molar-refractivity contribution in [3.8, 4) is 0 Å². The van der Waals surface area contributed by atoms with Gasteiger partial charge in [0.1, 0.15) is 0 Å². The summed E-state index contributed by atoms with van der Waals surface area (Å²) in [6, 6.07) is 0. The fraction of sp³-hybridized carbons (Fsp3) is 0.923. The SMILES string of the molecule is C[C@@H]1CNC[C@H]1C(=O)NCCN1CCN(C)CC1. The molecule has 1 amide bonds. The first-order chi connectivity index (χ1) is 8.66. The minimum atomic E-state index is 0.164. The minimum Gasteiger partial charge on any atom is -0.355 e. The summed E-state index contributed by atoms with van der Waals surface area (Å²) in [6.07, 6.45) is 0. The third kappa shape index (κ3) is 3.67. The van der Waals surface area contributed by atoms with Crippen LogP contribution in [-0.2, 0) is 4.79 Å². The number of piperazine rings is 1. The van der Waals surface area contributed by atoms with Crippen LogP contribution in [0.3, 0.4) is 0 Å². The van der Waals surface area contributed by atoms with Crippen LogP contribution in [0.15, 0.2) is 0 Å². The molecule has 0 bridgehead atoms. The average Bonchev–Trinajstić information content (AvgIpc) is 2.78. The van der Waals surface area contributed by atoms with E-state index in [0.29, 0.717) is 5.92 Å². The summed E-state index contributed by atoms with van der Waals surface area (Å²) in [7, 11) is 2.16. The molecule has 0 saturated carbocycles. The van der Waals surface area contributed by atoms with Gasteiger partial charge in [0.15, 0.2) is 0 Å². The maximum absolute atomic E-state index is 12.0. The Kier molecular flexibility index (Phi) is 4.97. The second-order valence-electron chi connectivity index (χ2n) is 5.68. The van der Waals surface area contributed by atoms with Gasteiger partial charge in [-0.15, -0.1) is 0 Å². The molecule has 2 saturated heterocycles. The van der Waals surface area contributed by atoms with Gasteiger partial charge in [0.05, 0.1) is 5.92 Å². The van der Waals surface area contributed by atoms with Crippen LogP contribution in [0.2, 0.25) is 0 Å². The largest absolute Gasteiger partial charge is 0.355 e.